The van der Waals surface area contributed by atoms with Gasteiger partial charge in [0.25, 0.3) is 0 Å². The Morgan fingerprint density at radius 1 is 1.25 bits per heavy atom. The zero-order valence-corrected chi connectivity index (χ0v) is 9.82. The van der Waals surface area contributed by atoms with Crippen molar-refractivity contribution >= 4 is 0 Å². The van der Waals surface area contributed by atoms with Gasteiger partial charge in [0, 0.05) is 32.2 Å². The Morgan fingerprint density at radius 2 is 2.00 bits per heavy atom. The predicted octanol–water partition coefficient (Wildman–Crippen LogP) is 0.327. The first-order chi connectivity index (χ1) is 7.84. The first-order valence-corrected chi connectivity index (χ1v) is 6.18. The van der Waals surface area contributed by atoms with E-state index in [-0.39, 0.29) is 0 Å². The topological polar surface area (TPSA) is 46.0 Å². The van der Waals surface area contributed by atoms with Crippen molar-refractivity contribution in [1.29, 1.82) is 0 Å². The summed E-state index contributed by atoms with van der Waals surface area (Å²) in [5.41, 5.74) is 0. The van der Waals surface area contributed by atoms with E-state index in [1.165, 1.54) is 12.8 Å². The van der Waals surface area contributed by atoms with Gasteiger partial charge in [-0.3, -0.25) is 4.90 Å². The van der Waals surface area contributed by atoms with Crippen molar-refractivity contribution in [2.24, 2.45) is 0 Å². The average Bonchev–Trinajstić information content (AvgIpc) is 3.07. The van der Waals surface area contributed by atoms with Gasteiger partial charge in [0.15, 0.2) is 0 Å². The number of hydrogen-bond donors (Lipinski definition) is 1. The molecule has 0 radical (unpaired) electrons. The number of piperazine rings is 1. The zero-order valence-electron chi connectivity index (χ0n) is 9.82. The van der Waals surface area contributed by atoms with E-state index in [0.29, 0.717) is 6.04 Å². The van der Waals surface area contributed by atoms with Crippen LogP contribution in [0.1, 0.15) is 30.5 Å². The highest BCUT2D eigenvalue weighted by Gasteiger charge is 2.28. The van der Waals surface area contributed by atoms with Crippen molar-refractivity contribution in [2.75, 3.05) is 26.2 Å². The molecule has 0 bridgehead atoms. The van der Waals surface area contributed by atoms with E-state index in [2.05, 4.69) is 31.9 Å². The number of rotatable bonds is 3. The van der Waals surface area contributed by atoms with Gasteiger partial charge in [0.1, 0.15) is 11.6 Å². The molecule has 0 amide bonds. The molecule has 5 nitrogen and oxygen atoms in total. The van der Waals surface area contributed by atoms with Crippen LogP contribution in [0.3, 0.4) is 0 Å². The molecule has 0 unspecified atom stereocenters. The normalized spacial score (nSPS) is 22.6. The molecule has 5 heteroatoms. The molecule has 0 atom stereocenters. The molecule has 1 aliphatic carbocycles. The molecule has 1 saturated heterocycles. The lowest BCUT2D eigenvalue weighted by molar-refractivity contribution is 0.224. The highest BCUT2D eigenvalue weighted by Crippen LogP contribution is 2.36. The van der Waals surface area contributed by atoms with Gasteiger partial charge in [-0.1, -0.05) is 0 Å². The fourth-order valence-electron chi connectivity index (χ4n) is 2.40. The summed E-state index contributed by atoms with van der Waals surface area (Å²) in [6.45, 7) is 7.45. The average molecular weight is 221 g/mol. The summed E-state index contributed by atoms with van der Waals surface area (Å²) in [5, 5.41) is 11.9. The molecule has 16 heavy (non-hydrogen) atoms. The minimum Gasteiger partial charge on any atom is -0.314 e. The smallest absolute Gasteiger partial charge is 0.147 e. The summed E-state index contributed by atoms with van der Waals surface area (Å²) in [6, 6.07) is 0.688. The van der Waals surface area contributed by atoms with Crippen LogP contribution in [-0.2, 0) is 6.54 Å². The standard InChI is InChI=1S/C11H19N5/c1-9-13-14-11(16(9)10-2-3-10)8-15-6-4-12-5-7-15/h10,12H,2-8H2,1H3. The molecule has 2 aliphatic rings. The van der Waals surface area contributed by atoms with Crippen LogP contribution in [0.2, 0.25) is 0 Å². The van der Waals surface area contributed by atoms with Crippen molar-refractivity contribution in [3.63, 3.8) is 0 Å². The molecule has 0 aromatic carbocycles. The van der Waals surface area contributed by atoms with Crippen molar-refractivity contribution in [1.82, 2.24) is 25.0 Å². The summed E-state index contributed by atoms with van der Waals surface area (Å²) in [7, 11) is 0. The van der Waals surface area contributed by atoms with Gasteiger partial charge < -0.3 is 9.88 Å². The lowest BCUT2D eigenvalue weighted by Crippen LogP contribution is -2.43. The highest BCUT2D eigenvalue weighted by molar-refractivity contribution is 5.01. The summed E-state index contributed by atoms with van der Waals surface area (Å²) < 4.78 is 2.34. The molecule has 1 aliphatic heterocycles. The Bertz CT molecular complexity index is 362. The molecular weight excluding hydrogens is 202 g/mol. The Morgan fingerprint density at radius 3 is 2.69 bits per heavy atom. The lowest BCUT2D eigenvalue weighted by atomic mass is 10.3. The van der Waals surface area contributed by atoms with Gasteiger partial charge in [0.05, 0.1) is 6.54 Å². The monoisotopic (exact) mass is 221 g/mol. The Hall–Kier alpha value is -0.940. The number of nitrogens with one attached hydrogen (secondary N) is 1. The Labute approximate surface area is 95.8 Å². The van der Waals surface area contributed by atoms with Crippen LogP contribution in [0.15, 0.2) is 0 Å². The first-order valence-electron chi connectivity index (χ1n) is 6.18. The van der Waals surface area contributed by atoms with Gasteiger partial charge in [-0.05, 0) is 19.8 Å². The van der Waals surface area contributed by atoms with E-state index in [0.717, 1.165) is 44.4 Å². The van der Waals surface area contributed by atoms with E-state index in [4.69, 9.17) is 0 Å². The third-order valence-corrected chi connectivity index (χ3v) is 3.42. The number of aryl methyl sites for hydroxylation is 1. The Kier molecular flexibility index (Phi) is 2.65. The molecular formula is C11H19N5. The second-order valence-electron chi connectivity index (χ2n) is 4.79. The second-order valence-corrected chi connectivity index (χ2v) is 4.79. The third kappa shape index (κ3) is 1.97. The minimum atomic E-state index is 0.688. The van der Waals surface area contributed by atoms with E-state index in [1.54, 1.807) is 0 Å². The van der Waals surface area contributed by atoms with Crippen LogP contribution < -0.4 is 5.32 Å². The summed E-state index contributed by atoms with van der Waals surface area (Å²) in [5.74, 6) is 2.23. The zero-order chi connectivity index (χ0) is 11.0. The lowest BCUT2D eigenvalue weighted by Gasteiger charge is -2.26. The van der Waals surface area contributed by atoms with E-state index >= 15 is 0 Å². The van der Waals surface area contributed by atoms with Crippen LogP contribution in [0, 0.1) is 6.92 Å². The van der Waals surface area contributed by atoms with Gasteiger partial charge >= 0.3 is 0 Å². The molecule has 2 heterocycles. The quantitative estimate of drug-likeness (QED) is 0.799. The number of aromatic nitrogens is 3. The predicted molar refractivity (Wildman–Crippen MR) is 61.2 cm³/mol. The van der Waals surface area contributed by atoms with E-state index in [9.17, 15) is 0 Å². The molecule has 2 fully saturated rings. The van der Waals surface area contributed by atoms with Gasteiger partial charge in [0.2, 0.25) is 0 Å². The van der Waals surface area contributed by atoms with Crippen LogP contribution in [-0.4, -0.2) is 45.8 Å². The van der Waals surface area contributed by atoms with Crippen molar-refractivity contribution in [3.05, 3.63) is 11.6 Å². The number of nitrogens with zero attached hydrogens (tertiary/aromatic N) is 4. The maximum Gasteiger partial charge on any atom is 0.147 e. The molecule has 3 rings (SSSR count). The first kappa shape index (κ1) is 10.2. The molecule has 88 valence electrons. The largest absolute Gasteiger partial charge is 0.314 e. The maximum atomic E-state index is 4.32. The third-order valence-electron chi connectivity index (χ3n) is 3.42. The summed E-state index contributed by atoms with van der Waals surface area (Å²) >= 11 is 0. The summed E-state index contributed by atoms with van der Waals surface area (Å²) in [4.78, 5) is 2.46. The van der Waals surface area contributed by atoms with Gasteiger partial charge in [-0.2, -0.15) is 0 Å². The highest BCUT2D eigenvalue weighted by atomic mass is 15.3. The van der Waals surface area contributed by atoms with E-state index in [1.807, 2.05) is 0 Å². The fraction of sp³-hybridized carbons (Fsp3) is 0.818. The van der Waals surface area contributed by atoms with Crippen molar-refractivity contribution in [2.45, 2.75) is 32.4 Å². The van der Waals surface area contributed by atoms with Gasteiger partial charge in [-0.25, -0.2) is 0 Å². The minimum absolute atomic E-state index is 0.688. The Balaban J connectivity index is 1.73. The molecule has 0 spiro atoms. The second kappa shape index (κ2) is 4.14. The number of hydrogen-bond acceptors (Lipinski definition) is 4. The van der Waals surface area contributed by atoms with Crippen molar-refractivity contribution < 1.29 is 0 Å². The van der Waals surface area contributed by atoms with Crippen molar-refractivity contribution in [3.8, 4) is 0 Å². The van der Waals surface area contributed by atoms with Crippen LogP contribution in [0.5, 0.6) is 0 Å². The van der Waals surface area contributed by atoms with Crippen LogP contribution in [0.4, 0.5) is 0 Å². The molecule has 1 N–H and O–H groups in total. The summed E-state index contributed by atoms with van der Waals surface area (Å²) in [6.07, 6.45) is 2.60. The maximum absolute atomic E-state index is 4.32. The van der Waals surface area contributed by atoms with Crippen LogP contribution in [0.25, 0.3) is 0 Å². The fourth-order valence-corrected chi connectivity index (χ4v) is 2.40. The molecule has 1 aromatic rings. The van der Waals surface area contributed by atoms with Gasteiger partial charge in [-0.15, -0.1) is 10.2 Å². The van der Waals surface area contributed by atoms with E-state index < -0.39 is 0 Å². The SMILES string of the molecule is Cc1nnc(CN2CCNCC2)n1C1CC1. The van der Waals surface area contributed by atoms with Crippen LogP contribution >= 0.6 is 0 Å². The molecule has 1 saturated carbocycles. The molecule has 1 aromatic heterocycles.